The van der Waals surface area contributed by atoms with Gasteiger partial charge in [0, 0.05) is 36.8 Å². The SMILES string of the molecule is COC(=O)[C@H](Cc1ccc(-c2cc(C)cn(C)c2=O)c2cccnc12)NC(=O)c1c(Cl)cccc1Cl. The maximum Gasteiger partial charge on any atom is 0.328 e. The summed E-state index contributed by atoms with van der Waals surface area (Å²) >= 11 is 12.3. The van der Waals surface area contributed by atoms with Gasteiger partial charge in [-0.3, -0.25) is 14.6 Å². The van der Waals surface area contributed by atoms with Gasteiger partial charge in [-0.15, -0.1) is 0 Å². The van der Waals surface area contributed by atoms with Crippen LogP contribution in [-0.4, -0.2) is 34.6 Å². The molecule has 184 valence electrons. The first-order chi connectivity index (χ1) is 17.2. The van der Waals surface area contributed by atoms with Gasteiger partial charge in [0.05, 0.1) is 28.2 Å². The Kier molecular flexibility index (Phi) is 7.43. The van der Waals surface area contributed by atoms with Gasteiger partial charge >= 0.3 is 5.97 Å². The van der Waals surface area contributed by atoms with Gasteiger partial charge in [0.1, 0.15) is 6.04 Å². The van der Waals surface area contributed by atoms with Gasteiger partial charge < -0.3 is 14.6 Å². The number of ether oxygens (including phenoxy) is 1. The first-order valence-electron chi connectivity index (χ1n) is 11.1. The molecule has 0 aliphatic rings. The monoisotopic (exact) mass is 523 g/mol. The van der Waals surface area contributed by atoms with Crippen molar-refractivity contribution in [3.8, 4) is 11.1 Å². The van der Waals surface area contributed by atoms with Crippen LogP contribution in [0.5, 0.6) is 0 Å². The van der Waals surface area contributed by atoms with Crippen LogP contribution in [0.2, 0.25) is 10.0 Å². The van der Waals surface area contributed by atoms with E-state index in [2.05, 4.69) is 10.3 Å². The fourth-order valence-electron chi connectivity index (χ4n) is 4.21. The molecular weight excluding hydrogens is 501 g/mol. The highest BCUT2D eigenvalue weighted by Crippen LogP contribution is 2.29. The number of amides is 1. The summed E-state index contributed by atoms with van der Waals surface area (Å²) in [5.41, 5.74) is 3.47. The number of rotatable bonds is 6. The number of aryl methyl sites for hydroxylation is 2. The molecule has 2 heterocycles. The highest BCUT2D eigenvalue weighted by Gasteiger charge is 2.26. The Morgan fingerprint density at radius 2 is 1.81 bits per heavy atom. The molecule has 2 aromatic carbocycles. The zero-order valence-corrected chi connectivity index (χ0v) is 21.4. The number of hydrogen-bond donors (Lipinski definition) is 1. The van der Waals surface area contributed by atoms with E-state index in [1.165, 1.54) is 7.11 Å². The number of esters is 1. The van der Waals surface area contributed by atoms with Gasteiger partial charge in [0.15, 0.2) is 0 Å². The molecular formula is C27H23Cl2N3O4. The van der Waals surface area contributed by atoms with Crippen LogP contribution >= 0.6 is 23.2 Å². The van der Waals surface area contributed by atoms with Crippen LogP contribution in [0.15, 0.2) is 65.7 Å². The van der Waals surface area contributed by atoms with Crippen molar-refractivity contribution < 1.29 is 14.3 Å². The molecule has 0 radical (unpaired) electrons. The summed E-state index contributed by atoms with van der Waals surface area (Å²) in [6, 6.07) is 12.8. The van der Waals surface area contributed by atoms with Crippen molar-refractivity contribution in [2.45, 2.75) is 19.4 Å². The zero-order chi connectivity index (χ0) is 26.0. The van der Waals surface area contributed by atoms with E-state index in [0.29, 0.717) is 16.6 Å². The van der Waals surface area contributed by atoms with Crippen LogP contribution in [0, 0.1) is 6.92 Å². The second kappa shape index (κ2) is 10.5. The zero-order valence-electron chi connectivity index (χ0n) is 19.8. The van der Waals surface area contributed by atoms with E-state index in [1.807, 2.05) is 25.1 Å². The fraction of sp³-hybridized carbons (Fsp3) is 0.185. The minimum atomic E-state index is -1.03. The predicted octanol–water partition coefficient (Wildman–Crippen LogP) is 4.73. The highest BCUT2D eigenvalue weighted by molar-refractivity contribution is 6.39. The lowest BCUT2D eigenvalue weighted by Gasteiger charge is -2.19. The number of methoxy groups -OCH3 is 1. The van der Waals surface area contributed by atoms with Crippen molar-refractivity contribution in [3.05, 3.63) is 98.0 Å². The molecule has 4 aromatic rings. The van der Waals surface area contributed by atoms with E-state index in [4.69, 9.17) is 27.9 Å². The molecule has 4 rings (SSSR count). The summed E-state index contributed by atoms with van der Waals surface area (Å²) < 4.78 is 6.49. The molecule has 9 heteroatoms. The molecule has 1 N–H and O–H groups in total. The third-order valence-electron chi connectivity index (χ3n) is 5.87. The standard InChI is InChI=1S/C27H23Cl2N3O4/c1-15-12-19(26(34)32(2)14-15)17-10-9-16(24-18(17)6-5-11-30-24)13-22(27(35)36-3)31-25(33)23-20(28)7-4-8-21(23)29/h4-12,14,22H,13H2,1-3H3,(H,31,33)/t22-/m0/s1. The van der Waals surface area contributed by atoms with Crippen molar-refractivity contribution >= 4 is 46.0 Å². The molecule has 1 atom stereocenters. The number of hydrogen-bond acceptors (Lipinski definition) is 5. The minimum Gasteiger partial charge on any atom is -0.467 e. The Hall–Kier alpha value is -3.68. The lowest BCUT2D eigenvalue weighted by Crippen LogP contribution is -2.43. The number of fused-ring (bicyclic) bond motifs is 1. The Labute approximate surface area is 217 Å². The van der Waals surface area contributed by atoms with Crippen molar-refractivity contribution in [3.63, 3.8) is 0 Å². The lowest BCUT2D eigenvalue weighted by atomic mass is 9.95. The molecule has 2 aromatic heterocycles. The van der Waals surface area contributed by atoms with Crippen molar-refractivity contribution in [1.82, 2.24) is 14.9 Å². The quantitative estimate of drug-likeness (QED) is 0.369. The minimum absolute atomic E-state index is 0.0726. The number of aromatic nitrogens is 2. The largest absolute Gasteiger partial charge is 0.467 e. The average molecular weight is 524 g/mol. The molecule has 0 fully saturated rings. The summed E-state index contributed by atoms with van der Waals surface area (Å²) in [5.74, 6) is -1.23. The fourth-order valence-corrected chi connectivity index (χ4v) is 4.77. The molecule has 0 saturated heterocycles. The molecule has 0 unspecified atom stereocenters. The van der Waals surface area contributed by atoms with Gasteiger partial charge in [-0.05, 0) is 47.9 Å². The second-order valence-corrected chi connectivity index (χ2v) is 9.18. The van der Waals surface area contributed by atoms with E-state index in [1.54, 1.807) is 54.3 Å². The molecule has 0 bridgehead atoms. The van der Waals surface area contributed by atoms with Crippen LogP contribution in [0.3, 0.4) is 0 Å². The lowest BCUT2D eigenvalue weighted by molar-refractivity contribution is -0.142. The average Bonchev–Trinajstić information content (AvgIpc) is 2.85. The van der Waals surface area contributed by atoms with Crippen LogP contribution in [0.25, 0.3) is 22.0 Å². The molecule has 1 amide bonds. The number of carbonyl (C=O) groups excluding carboxylic acids is 2. The third kappa shape index (κ3) is 4.98. The number of halogens is 2. The van der Waals surface area contributed by atoms with Crippen LogP contribution in [-0.2, 0) is 23.0 Å². The smallest absolute Gasteiger partial charge is 0.328 e. The summed E-state index contributed by atoms with van der Waals surface area (Å²) in [6.45, 7) is 1.92. The van der Waals surface area contributed by atoms with Gasteiger partial charge in [-0.2, -0.15) is 0 Å². The van der Waals surface area contributed by atoms with E-state index in [-0.39, 0.29) is 27.6 Å². The number of nitrogens with zero attached hydrogens (tertiary/aromatic N) is 2. The van der Waals surface area contributed by atoms with Crippen LogP contribution in [0.1, 0.15) is 21.5 Å². The molecule has 7 nitrogen and oxygen atoms in total. The maximum absolute atomic E-state index is 13.0. The normalized spacial score (nSPS) is 11.8. The number of pyridine rings is 2. The summed E-state index contributed by atoms with van der Waals surface area (Å²) in [5, 5.41) is 3.77. The summed E-state index contributed by atoms with van der Waals surface area (Å²) in [4.78, 5) is 43.0. The van der Waals surface area contributed by atoms with E-state index in [0.717, 1.165) is 16.5 Å². The Morgan fingerprint density at radius 1 is 1.08 bits per heavy atom. The Balaban J connectivity index is 1.75. The first kappa shape index (κ1) is 25.4. The molecule has 0 aliphatic heterocycles. The van der Waals surface area contributed by atoms with Gasteiger partial charge in [-0.1, -0.05) is 47.5 Å². The van der Waals surface area contributed by atoms with Gasteiger partial charge in [0.2, 0.25) is 0 Å². The topological polar surface area (TPSA) is 90.3 Å². The van der Waals surface area contributed by atoms with Crippen LogP contribution in [0.4, 0.5) is 0 Å². The van der Waals surface area contributed by atoms with Gasteiger partial charge in [0.25, 0.3) is 11.5 Å². The van der Waals surface area contributed by atoms with Crippen molar-refractivity contribution in [1.29, 1.82) is 0 Å². The van der Waals surface area contributed by atoms with E-state index < -0.39 is 17.9 Å². The van der Waals surface area contributed by atoms with Crippen molar-refractivity contribution in [2.75, 3.05) is 7.11 Å². The molecule has 0 spiro atoms. The highest BCUT2D eigenvalue weighted by atomic mass is 35.5. The summed E-state index contributed by atoms with van der Waals surface area (Å²) in [6.07, 6.45) is 3.51. The predicted molar refractivity (Wildman–Crippen MR) is 141 cm³/mol. The first-order valence-corrected chi connectivity index (χ1v) is 11.8. The van der Waals surface area contributed by atoms with Gasteiger partial charge in [-0.25, -0.2) is 4.79 Å². The maximum atomic E-state index is 13.0. The Morgan fingerprint density at radius 3 is 2.50 bits per heavy atom. The van der Waals surface area contributed by atoms with E-state index in [9.17, 15) is 14.4 Å². The van der Waals surface area contributed by atoms with Crippen LogP contribution < -0.4 is 10.9 Å². The third-order valence-corrected chi connectivity index (χ3v) is 6.50. The van der Waals surface area contributed by atoms with E-state index >= 15 is 0 Å². The number of carbonyl (C=O) groups is 2. The molecule has 0 saturated carbocycles. The number of nitrogens with one attached hydrogen (secondary N) is 1. The Bertz CT molecular complexity index is 1530. The second-order valence-electron chi connectivity index (χ2n) is 8.37. The molecule has 0 aliphatic carbocycles. The number of benzene rings is 2. The molecule has 36 heavy (non-hydrogen) atoms. The summed E-state index contributed by atoms with van der Waals surface area (Å²) in [7, 11) is 2.96. The van der Waals surface area contributed by atoms with Crippen molar-refractivity contribution in [2.24, 2.45) is 7.05 Å².